The van der Waals surface area contributed by atoms with Crippen LogP contribution in [0.2, 0.25) is 0 Å². The van der Waals surface area contributed by atoms with Gasteiger partial charge in [-0.1, -0.05) is 32.0 Å². The Morgan fingerprint density at radius 1 is 1.12 bits per heavy atom. The predicted octanol–water partition coefficient (Wildman–Crippen LogP) is 3.87. The summed E-state index contributed by atoms with van der Waals surface area (Å²) >= 11 is 0. The number of carbonyl (C=O) groups is 2. The summed E-state index contributed by atoms with van der Waals surface area (Å²) in [4.78, 5) is 34.0. The topological polar surface area (TPSA) is 75.9 Å². The largest absolute Gasteiger partial charge is 0.464 e. The molecule has 7 heteroatoms. The maximum atomic E-state index is 13.3. The lowest BCUT2D eigenvalue weighted by Gasteiger charge is -2.25. The number of furan rings is 1. The molecular formula is C26H29N3O4. The zero-order chi connectivity index (χ0) is 23.2. The molecule has 2 aromatic heterocycles. The minimum atomic E-state index is -0.302. The van der Waals surface area contributed by atoms with Gasteiger partial charge in [0.2, 0.25) is 5.91 Å². The Hall–Kier alpha value is -3.45. The van der Waals surface area contributed by atoms with Crippen molar-refractivity contribution in [2.45, 2.75) is 26.6 Å². The van der Waals surface area contributed by atoms with Gasteiger partial charge in [0.05, 0.1) is 24.7 Å². The second-order valence-corrected chi connectivity index (χ2v) is 8.69. The lowest BCUT2D eigenvalue weighted by Crippen LogP contribution is -2.40. The molecule has 4 rings (SSSR count). The fraction of sp³-hybridized carbons (Fsp3) is 0.346. The fourth-order valence-electron chi connectivity index (χ4n) is 3.95. The maximum absolute atomic E-state index is 13.3. The highest BCUT2D eigenvalue weighted by atomic mass is 16.5. The third kappa shape index (κ3) is 5.87. The van der Waals surface area contributed by atoms with E-state index in [2.05, 4.69) is 18.8 Å². The summed E-state index contributed by atoms with van der Waals surface area (Å²) in [5, 5.41) is 0. The van der Waals surface area contributed by atoms with Crippen molar-refractivity contribution in [1.82, 2.24) is 14.8 Å². The molecule has 0 unspecified atom stereocenters. The molecule has 3 heterocycles. The number of carbonyl (C=O) groups excluding carboxylic acids is 2. The first-order chi connectivity index (χ1) is 16.0. The van der Waals surface area contributed by atoms with Crippen molar-refractivity contribution in [1.29, 1.82) is 0 Å². The van der Waals surface area contributed by atoms with Crippen LogP contribution in [0.5, 0.6) is 0 Å². The molecule has 0 aliphatic carbocycles. The van der Waals surface area contributed by atoms with Crippen LogP contribution in [0.1, 0.15) is 29.9 Å². The molecule has 1 fully saturated rings. The molecule has 7 nitrogen and oxygen atoms in total. The summed E-state index contributed by atoms with van der Waals surface area (Å²) in [5.41, 5.74) is 2.23. The molecule has 0 radical (unpaired) electrons. The van der Waals surface area contributed by atoms with E-state index in [0.29, 0.717) is 37.7 Å². The minimum Gasteiger partial charge on any atom is -0.464 e. The van der Waals surface area contributed by atoms with Gasteiger partial charge in [-0.15, -0.1) is 0 Å². The number of nitrogens with zero attached hydrogens (tertiary/aromatic N) is 3. The highest BCUT2D eigenvalue weighted by Crippen LogP contribution is 2.21. The number of hydrogen-bond acceptors (Lipinski definition) is 5. The summed E-state index contributed by atoms with van der Waals surface area (Å²) in [6.45, 7) is 5.93. The van der Waals surface area contributed by atoms with E-state index in [1.807, 2.05) is 42.5 Å². The van der Waals surface area contributed by atoms with Crippen molar-refractivity contribution in [3.05, 3.63) is 78.3 Å². The van der Waals surface area contributed by atoms with Crippen LogP contribution in [0.3, 0.4) is 0 Å². The summed E-state index contributed by atoms with van der Waals surface area (Å²) in [6, 6.07) is 16.6. The third-order valence-electron chi connectivity index (χ3n) is 5.53. The van der Waals surface area contributed by atoms with Crippen molar-refractivity contribution >= 4 is 11.8 Å². The molecule has 0 N–H and O–H groups in total. The van der Waals surface area contributed by atoms with Crippen LogP contribution in [-0.4, -0.2) is 58.9 Å². The Kier molecular flexibility index (Phi) is 7.19. The molecular weight excluding hydrogens is 418 g/mol. The number of hydrogen-bond donors (Lipinski definition) is 0. The molecule has 0 spiro atoms. The van der Waals surface area contributed by atoms with Crippen molar-refractivity contribution in [2.24, 2.45) is 5.92 Å². The number of amides is 2. The second kappa shape index (κ2) is 10.4. The van der Waals surface area contributed by atoms with E-state index >= 15 is 0 Å². The monoisotopic (exact) mass is 447 g/mol. The van der Waals surface area contributed by atoms with E-state index in [0.717, 1.165) is 17.0 Å². The van der Waals surface area contributed by atoms with E-state index in [1.54, 1.807) is 34.4 Å². The number of rotatable bonds is 7. The van der Waals surface area contributed by atoms with Gasteiger partial charge < -0.3 is 19.0 Å². The Morgan fingerprint density at radius 3 is 2.61 bits per heavy atom. The normalized spacial score (nSPS) is 16.8. The van der Waals surface area contributed by atoms with E-state index in [4.69, 9.17) is 9.15 Å². The van der Waals surface area contributed by atoms with Gasteiger partial charge in [-0.05, 0) is 42.3 Å². The average Bonchev–Trinajstić information content (AvgIpc) is 3.31. The smallest absolute Gasteiger partial charge is 0.254 e. The average molecular weight is 448 g/mol. The molecule has 2 amide bonds. The standard InChI is InChI=1S/C26H29N3O4/c1-19(2)14-28-15-23(33-18-22-6-3-4-12-27-22)16-29(17-25(28)30)26(31)21-10-8-20(9-11-21)24-7-5-13-32-24/h3-13,19,23H,14-18H2,1-2H3/t23-/m0/s1. The van der Waals surface area contributed by atoms with Crippen molar-refractivity contribution < 1.29 is 18.7 Å². The molecule has 33 heavy (non-hydrogen) atoms. The minimum absolute atomic E-state index is 0.0366. The lowest BCUT2D eigenvalue weighted by atomic mass is 10.1. The first-order valence-electron chi connectivity index (χ1n) is 11.2. The third-order valence-corrected chi connectivity index (χ3v) is 5.53. The number of pyridine rings is 1. The van der Waals surface area contributed by atoms with Crippen LogP contribution >= 0.6 is 0 Å². The van der Waals surface area contributed by atoms with Gasteiger partial charge >= 0.3 is 0 Å². The summed E-state index contributed by atoms with van der Waals surface area (Å²) in [6.07, 6.45) is 3.04. The first kappa shape index (κ1) is 22.7. The summed E-state index contributed by atoms with van der Waals surface area (Å²) < 4.78 is 11.6. The number of benzene rings is 1. The number of aromatic nitrogens is 1. The molecule has 172 valence electrons. The molecule has 3 aromatic rings. The van der Waals surface area contributed by atoms with Gasteiger partial charge in [-0.25, -0.2) is 0 Å². The van der Waals surface area contributed by atoms with Crippen LogP contribution in [0, 0.1) is 5.92 Å². The van der Waals surface area contributed by atoms with Crippen molar-refractivity contribution in [3.63, 3.8) is 0 Å². The van der Waals surface area contributed by atoms with Crippen LogP contribution in [0.15, 0.2) is 71.5 Å². The zero-order valence-electron chi connectivity index (χ0n) is 19.0. The van der Waals surface area contributed by atoms with Gasteiger partial charge in [-0.3, -0.25) is 14.6 Å². The van der Waals surface area contributed by atoms with E-state index in [-0.39, 0.29) is 24.5 Å². The lowest BCUT2D eigenvalue weighted by molar-refractivity contribution is -0.132. The van der Waals surface area contributed by atoms with Gasteiger partial charge in [-0.2, -0.15) is 0 Å². The SMILES string of the molecule is CC(C)CN1C[C@H](OCc2ccccn2)CN(C(=O)c2ccc(-c3ccco3)cc2)CC1=O. The quantitative estimate of drug-likeness (QED) is 0.550. The predicted molar refractivity (Wildman–Crippen MR) is 124 cm³/mol. The Balaban J connectivity index is 1.50. The van der Waals surface area contributed by atoms with E-state index in [1.165, 1.54) is 0 Å². The fourth-order valence-corrected chi connectivity index (χ4v) is 3.95. The molecule has 0 saturated carbocycles. The molecule has 1 aliphatic rings. The Morgan fingerprint density at radius 2 is 1.94 bits per heavy atom. The Bertz CT molecular complexity index is 1050. The van der Waals surface area contributed by atoms with Gasteiger partial charge in [0.15, 0.2) is 0 Å². The molecule has 1 atom stereocenters. The molecule has 1 saturated heterocycles. The van der Waals surface area contributed by atoms with Crippen molar-refractivity contribution in [2.75, 3.05) is 26.2 Å². The van der Waals surface area contributed by atoms with Crippen molar-refractivity contribution in [3.8, 4) is 11.3 Å². The zero-order valence-corrected chi connectivity index (χ0v) is 19.0. The van der Waals surface area contributed by atoms with Crippen LogP contribution < -0.4 is 0 Å². The number of ether oxygens (including phenoxy) is 1. The molecule has 1 aromatic carbocycles. The molecule has 1 aliphatic heterocycles. The van der Waals surface area contributed by atoms with Gasteiger partial charge in [0.25, 0.3) is 5.91 Å². The van der Waals surface area contributed by atoms with Crippen LogP contribution in [0.25, 0.3) is 11.3 Å². The van der Waals surface area contributed by atoms with E-state index < -0.39 is 0 Å². The molecule has 0 bridgehead atoms. The summed E-state index contributed by atoms with van der Waals surface area (Å²) in [7, 11) is 0. The summed E-state index contributed by atoms with van der Waals surface area (Å²) in [5.74, 6) is 0.813. The highest BCUT2D eigenvalue weighted by Gasteiger charge is 2.31. The van der Waals surface area contributed by atoms with Crippen LogP contribution in [0.4, 0.5) is 0 Å². The van der Waals surface area contributed by atoms with Gasteiger partial charge in [0.1, 0.15) is 12.3 Å². The highest BCUT2D eigenvalue weighted by molar-refractivity contribution is 5.97. The first-order valence-corrected chi connectivity index (χ1v) is 11.2. The van der Waals surface area contributed by atoms with E-state index in [9.17, 15) is 9.59 Å². The second-order valence-electron chi connectivity index (χ2n) is 8.69. The maximum Gasteiger partial charge on any atom is 0.254 e. The van der Waals surface area contributed by atoms with Crippen LogP contribution in [-0.2, 0) is 16.1 Å². The van der Waals surface area contributed by atoms with Gasteiger partial charge in [0, 0.05) is 37.0 Å². The Labute approximate surface area is 194 Å².